The van der Waals surface area contributed by atoms with Crippen molar-refractivity contribution in [2.45, 2.75) is 40.5 Å². The van der Waals surface area contributed by atoms with Gasteiger partial charge in [0.05, 0.1) is 18.1 Å². The maximum atomic E-state index is 11.2. The van der Waals surface area contributed by atoms with Gasteiger partial charge in [-0.1, -0.05) is 20.8 Å². The molecular formula is C12H22N2O4S. The number of hydrogen-bond acceptors (Lipinski definition) is 5. The van der Waals surface area contributed by atoms with Crippen LogP contribution >= 0.6 is 11.8 Å². The molecule has 0 heterocycles. The third-order valence-electron chi connectivity index (χ3n) is 1.84. The predicted octanol–water partition coefficient (Wildman–Crippen LogP) is 2.69. The Morgan fingerprint density at radius 1 is 1.37 bits per heavy atom. The minimum Gasteiger partial charge on any atom is -0.466 e. The van der Waals surface area contributed by atoms with Gasteiger partial charge < -0.3 is 9.84 Å². The van der Waals surface area contributed by atoms with Crippen LogP contribution in [0.25, 0.3) is 0 Å². The van der Waals surface area contributed by atoms with Gasteiger partial charge in [-0.25, -0.2) is 10.2 Å². The zero-order valence-electron chi connectivity index (χ0n) is 11.9. The highest BCUT2D eigenvalue weighted by molar-refractivity contribution is 8.13. The van der Waals surface area contributed by atoms with Gasteiger partial charge in [0.25, 0.3) is 0 Å². The lowest BCUT2D eigenvalue weighted by Crippen LogP contribution is -2.19. The first-order chi connectivity index (χ1) is 8.74. The molecule has 0 unspecified atom stereocenters. The Kier molecular flexibility index (Phi) is 8.22. The summed E-state index contributed by atoms with van der Waals surface area (Å²) in [7, 11) is 0. The highest BCUT2D eigenvalue weighted by Gasteiger charge is 2.16. The number of ether oxygens (including phenoxy) is 1. The molecule has 0 aromatic rings. The summed E-state index contributed by atoms with van der Waals surface area (Å²) in [6.45, 7) is 8.24. The average molecular weight is 290 g/mol. The fourth-order valence-electron chi connectivity index (χ4n) is 1.17. The largest absolute Gasteiger partial charge is 0.466 e. The number of carbonyl (C=O) groups is 2. The van der Waals surface area contributed by atoms with E-state index in [2.05, 4.69) is 5.10 Å². The molecule has 110 valence electrons. The second kappa shape index (κ2) is 8.79. The van der Waals surface area contributed by atoms with Crippen molar-refractivity contribution in [1.82, 2.24) is 5.43 Å². The lowest BCUT2D eigenvalue weighted by molar-refractivity contribution is -0.142. The standard InChI is InChI=1S/C12H22N2O4S/c1-5-18-10(15)6-7-19-9(8-12(2,3)4)13-14-11(16)17/h14H,5-8H2,1-4H3,(H,16,17)/b13-9+. The number of amides is 1. The van der Waals surface area contributed by atoms with Crippen LogP contribution < -0.4 is 5.43 Å². The number of hydrazone groups is 1. The van der Waals surface area contributed by atoms with E-state index in [1.807, 2.05) is 26.2 Å². The van der Waals surface area contributed by atoms with Crippen LogP contribution in [0.15, 0.2) is 5.10 Å². The van der Waals surface area contributed by atoms with E-state index in [-0.39, 0.29) is 17.8 Å². The summed E-state index contributed by atoms with van der Waals surface area (Å²) in [6.07, 6.45) is -0.271. The molecule has 0 aliphatic heterocycles. The van der Waals surface area contributed by atoms with Crippen LogP contribution in [0.1, 0.15) is 40.5 Å². The molecule has 0 radical (unpaired) electrons. The molecule has 0 bridgehead atoms. The Balaban J connectivity index is 4.31. The fraction of sp³-hybridized carbons (Fsp3) is 0.750. The molecule has 19 heavy (non-hydrogen) atoms. The molecular weight excluding hydrogens is 268 g/mol. The number of hydrogen-bond donors (Lipinski definition) is 2. The summed E-state index contributed by atoms with van der Waals surface area (Å²) in [5, 5.41) is 13.0. The van der Waals surface area contributed by atoms with Crippen LogP contribution in [0.4, 0.5) is 4.79 Å². The Morgan fingerprint density at radius 2 is 2.00 bits per heavy atom. The van der Waals surface area contributed by atoms with Gasteiger partial charge in [0.15, 0.2) is 0 Å². The Bertz CT molecular complexity index is 337. The van der Waals surface area contributed by atoms with E-state index in [0.717, 1.165) is 0 Å². The van der Waals surface area contributed by atoms with Crippen molar-refractivity contribution in [3.8, 4) is 0 Å². The van der Waals surface area contributed by atoms with Crippen molar-refractivity contribution in [3.63, 3.8) is 0 Å². The highest BCUT2D eigenvalue weighted by atomic mass is 32.2. The maximum absolute atomic E-state index is 11.2. The summed E-state index contributed by atoms with van der Waals surface area (Å²) in [6, 6.07) is 0. The number of carbonyl (C=O) groups excluding carboxylic acids is 1. The molecule has 0 spiro atoms. The van der Waals surface area contributed by atoms with Gasteiger partial charge in [0.2, 0.25) is 0 Å². The molecule has 0 atom stereocenters. The van der Waals surface area contributed by atoms with Crippen LogP contribution in [-0.2, 0) is 9.53 Å². The molecule has 7 heteroatoms. The predicted molar refractivity (Wildman–Crippen MR) is 76.4 cm³/mol. The van der Waals surface area contributed by atoms with Crippen molar-refractivity contribution in [1.29, 1.82) is 0 Å². The second-order valence-electron chi connectivity index (χ2n) is 5.06. The Hall–Kier alpha value is -1.24. The summed E-state index contributed by atoms with van der Waals surface area (Å²) in [5.41, 5.74) is 2.00. The molecule has 0 aromatic heterocycles. The van der Waals surface area contributed by atoms with E-state index in [1.165, 1.54) is 11.8 Å². The quantitative estimate of drug-likeness (QED) is 0.340. The smallest absolute Gasteiger partial charge is 0.425 e. The van der Waals surface area contributed by atoms with Crippen LogP contribution in [0.2, 0.25) is 0 Å². The average Bonchev–Trinajstić information content (AvgIpc) is 2.24. The van der Waals surface area contributed by atoms with E-state index in [9.17, 15) is 9.59 Å². The molecule has 0 aromatic carbocycles. The number of esters is 1. The molecule has 0 aliphatic rings. The third kappa shape index (κ3) is 11.6. The van der Waals surface area contributed by atoms with Crippen LogP contribution in [-0.4, -0.2) is 34.6 Å². The third-order valence-corrected chi connectivity index (χ3v) is 2.82. The monoisotopic (exact) mass is 290 g/mol. The topological polar surface area (TPSA) is 88.0 Å². The lowest BCUT2D eigenvalue weighted by atomic mass is 9.93. The van der Waals surface area contributed by atoms with Crippen molar-refractivity contribution in [2.75, 3.05) is 12.4 Å². The number of nitrogens with zero attached hydrogens (tertiary/aromatic N) is 1. The van der Waals surface area contributed by atoms with E-state index >= 15 is 0 Å². The van der Waals surface area contributed by atoms with E-state index in [4.69, 9.17) is 9.84 Å². The lowest BCUT2D eigenvalue weighted by Gasteiger charge is -2.18. The van der Waals surface area contributed by atoms with E-state index in [1.54, 1.807) is 6.92 Å². The summed E-state index contributed by atoms with van der Waals surface area (Å²) < 4.78 is 4.82. The first-order valence-electron chi connectivity index (χ1n) is 6.08. The number of carboxylic acid groups (broad SMARTS) is 1. The van der Waals surface area contributed by atoms with Gasteiger partial charge in [-0.15, -0.1) is 11.8 Å². The van der Waals surface area contributed by atoms with Gasteiger partial charge in [0, 0.05) is 12.2 Å². The van der Waals surface area contributed by atoms with Crippen LogP contribution in [0.5, 0.6) is 0 Å². The molecule has 6 nitrogen and oxygen atoms in total. The van der Waals surface area contributed by atoms with Gasteiger partial charge in [-0.3, -0.25) is 4.79 Å². The Labute approximate surface area is 118 Å². The van der Waals surface area contributed by atoms with Gasteiger partial charge in [0.1, 0.15) is 0 Å². The molecule has 2 N–H and O–H groups in total. The van der Waals surface area contributed by atoms with Crippen LogP contribution in [0, 0.1) is 5.41 Å². The number of rotatable bonds is 6. The molecule has 1 amide bonds. The first-order valence-corrected chi connectivity index (χ1v) is 7.07. The maximum Gasteiger partial charge on any atom is 0.425 e. The zero-order valence-corrected chi connectivity index (χ0v) is 12.7. The summed E-state index contributed by atoms with van der Waals surface area (Å²) in [4.78, 5) is 21.6. The number of thioether (sulfide) groups is 1. The highest BCUT2D eigenvalue weighted by Crippen LogP contribution is 2.24. The Morgan fingerprint density at radius 3 is 2.47 bits per heavy atom. The minimum atomic E-state index is -1.20. The van der Waals surface area contributed by atoms with Crippen LogP contribution in [0.3, 0.4) is 0 Å². The second-order valence-corrected chi connectivity index (χ2v) is 6.23. The fourth-order valence-corrected chi connectivity index (χ4v) is 2.32. The molecule has 0 rings (SSSR count). The molecule has 0 saturated heterocycles. The zero-order chi connectivity index (χ0) is 14.9. The SMILES string of the molecule is CCOC(=O)CCS/C(CC(C)(C)C)=N/NC(=O)O. The minimum absolute atomic E-state index is 0.00402. The van der Waals surface area contributed by atoms with Gasteiger partial charge >= 0.3 is 12.1 Å². The first kappa shape index (κ1) is 17.8. The summed E-state index contributed by atoms with van der Waals surface area (Å²) in [5.74, 6) is 0.269. The van der Waals surface area contributed by atoms with Crippen molar-refractivity contribution < 1.29 is 19.4 Å². The summed E-state index contributed by atoms with van der Waals surface area (Å²) >= 11 is 1.37. The number of nitrogens with one attached hydrogen (secondary N) is 1. The van der Waals surface area contributed by atoms with Gasteiger partial charge in [-0.05, 0) is 12.3 Å². The van der Waals surface area contributed by atoms with E-state index < -0.39 is 6.09 Å². The molecule has 0 fully saturated rings. The van der Waals surface area contributed by atoms with Crippen molar-refractivity contribution in [3.05, 3.63) is 0 Å². The normalized spacial score (nSPS) is 12.1. The van der Waals surface area contributed by atoms with E-state index in [0.29, 0.717) is 23.8 Å². The van der Waals surface area contributed by atoms with Gasteiger partial charge in [-0.2, -0.15) is 5.10 Å². The molecule has 0 saturated carbocycles. The van der Waals surface area contributed by atoms with Crippen molar-refractivity contribution >= 4 is 28.9 Å². The molecule has 0 aliphatic carbocycles. The van der Waals surface area contributed by atoms with Crippen molar-refractivity contribution in [2.24, 2.45) is 10.5 Å².